The highest BCUT2D eigenvalue weighted by Crippen LogP contribution is 2.30. The first kappa shape index (κ1) is 11.2. The first-order chi connectivity index (χ1) is 7.58. The van der Waals surface area contributed by atoms with E-state index in [0.717, 1.165) is 11.3 Å². The highest BCUT2D eigenvalue weighted by Gasteiger charge is 2.30. The number of carbonyl (C=O) groups is 1. The minimum Gasteiger partial charge on any atom is -0.481 e. The van der Waals surface area contributed by atoms with Crippen LogP contribution < -0.4 is 4.90 Å². The van der Waals surface area contributed by atoms with Gasteiger partial charge in [-0.1, -0.05) is 11.3 Å². The van der Waals surface area contributed by atoms with Crippen molar-refractivity contribution in [1.82, 2.24) is 10.2 Å². The predicted molar refractivity (Wildman–Crippen MR) is 52.8 cm³/mol. The van der Waals surface area contributed by atoms with E-state index in [1.807, 2.05) is 0 Å². The molecule has 1 aromatic heterocycles. The third-order valence-electron chi connectivity index (χ3n) is 2.42. The van der Waals surface area contributed by atoms with Crippen molar-refractivity contribution in [2.24, 2.45) is 5.92 Å². The van der Waals surface area contributed by atoms with Crippen molar-refractivity contribution in [2.45, 2.75) is 12.8 Å². The molecule has 0 saturated carbocycles. The topological polar surface area (TPSA) is 66.3 Å². The van der Waals surface area contributed by atoms with Crippen LogP contribution in [-0.4, -0.2) is 34.4 Å². The molecular weight excluding hydrogens is 240 g/mol. The lowest BCUT2D eigenvalue weighted by atomic mass is 10.1. The molecule has 1 atom stereocenters. The van der Waals surface area contributed by atoms with E-state index in [4.69, 9.17) is 5.11 Å². The fraction of sp³-hybridized carbons (Fsp3) is 0.625. The van der Waals surface area contributed by atoms with Crippen LogP contribution in [0.2, 0.25) is 0 Å². The van der Waals surface area contributed by atoms with Crippen molar-refractivity contribution < 1.29 is 18.7 Å². The summed E-state index contributed by atoms with van der Waals surface area (Å²) in [4.78, 5) is 12.4. The SMILES string of the molecule is O=C(O)[C@@H]1CCN(c2nnc(C(F)F)s2)C1. The van der Waals surface area contributed by atoms with Crippen LogP contribution in [0.3, 0.4) is 0 Å². The Morgan fingerprint density at radius 3 is 2.81 bits per heavy atom. The number of rotatable bonds is 3. The molecule has 1 aliphatic heterocycles. The zero-order valence-electron chi connectivity index (χ0n) is 8.14. The number of aromatic nitrogens is 2. The number of hydrogen-bond acceptors (Lipinski definition) is 5. The Hall–Kier alpha value is -1.31. The molecule has 2 heterocycles. The van der Waals surface area contributed by atoms with Crippen LogP contribution >= 0.6 is 11.3 Å². The highest BCUT2D eigenvalue weighted by molar-refractivity contribution is 7.15. The number of alkyl halides is 2. The fourth-order valence-corrected chi connectivity index (χ4v) is 2.31. The summed E-state index contributed by atoms with van der Waals surface area (Å²) in [5.74, 6) is -1.31. The van der Waals surface area contributed by atoms with Crippen LogP contribution in [0, 0.1) is 5.92 Å². The van der Waals surface area contributed by atoms with Gasteiger partial charge >= 0.3 is 5.97 Å². The third-order valence-corrected chi connectivity index (χ3v) is 3.42. The standard InChI is InChI=1S/C8H9F2N3O2S/c9-5(10)6-11-12-8(16-6)13-2-1-4(3-13)7(14)15/h4-5H,1-3H2,(H,14,15)/t4-/m1/s1. The van der Waals surface area contributed by atoms with Gasteiger partial charge in [0.05, 0.1) is 5.92 Å². The van der Waals surface area contributed by atoms with Crippen LogP contribution in [0.4, 0.5) is 13.9 Å². The molecule has 2 rings (SSSR count). The number of anilines is 1. The van der Waals surface area contributed by atoms with Gasteiger partial charge in [-0.2, -0.15) is 0 Å². The lowest BCUT2D eigenvalue weighted by Crippen LogP contribution is -2.22. The van der Waals surface area contributed by atoms with Gasteiger partial charge in [0.15, 0.2) is 5.01 Å². The van der Waals surface area contributed by atoms with Crippen molar-refractivity contribution in [2.75, 3.05) is 18.0 Å². The van der Waals surface area contributed by atoms with E-state index in [-0.39, 0.29) is 5.01 Å². The van der Waals surface area contributed by atoms with Crippen LogP contribution in [0.5, 0.6) is 0 Å². The van der Waals surface area contributed by atoms with E-state index < -0.39 is 18.3 Å². The number of carboxylic acids is 1. The molecule has 0 aromatic carbocycles. The Morgan fingerprint density at radius 1 is 1.56 bits per heavy atom. The molecule has 1 N–H and O–H groups in total. The Bertz CT molecular complexity index is 398. The largest absolute Gasteiger partial charge is 0.481 e. The second-order valence-corrected chi connectivity index (χ2v) is 4.48. The maximum atomic E-state index is 12.3. The van der Waals surface area contributed by atoms with Crippen molar-refractivity contribution in [3.8, 4) is 0 Å². The second-order valence-electron chi connectivity index (χ2n) is 3.49. The molecule has 0 radical (unpaired) electrons. The number of carboxylic acid groups (broad SMARTS) is 1. The summed E-state index contributed by atoms with van der Waals surface area (Å²) in [7, 11) is 0. The van der Waals surface area contributed by atoms with Gasteiger partial charge in [0.2, 0.25) is 5.13 Å². The van der Waals surface area contributed by atoms with Crippen molar-refractivity contribution in [1.29, 1.82) is 0 Å². The molecule has 1 aromatic rings. The van der Waals surface area contributed by atoms with Gasteiger partial charge < -0.3 is 10.0 Å². The summed E-state index contributed by atoms with van der Waals surface area (Å²) in [5.41, 5.74) is 0. The number of aliphatic carboxylic acids is 1. The van der Waals surface area contributed by atoms with E-state index in [1.54, 1.807) is 4.90 Å². The summed E-state index contributed by atoms with van der Waals surface area (Å²) in [6, 6.07) is 0. The monoisotopic (exact) mass is 249 g/mol. The Balaban J connectivity index is 2.06. The van der Waals surface area contributed by atoms with Crippen LogP contribution in [0.25, 0.3) is 0 Å². The fourth-order valence-electron chi connectivity index (χ4n) is 1.58. The molecule has 88 valence electrons. The summed E-state index contributed by atoms with van der Waals surface area (Å²) >= 11 is 0.813. The first-order valence-corrected chi connectivity index (χ1v) is 5.49. The summed E-state index contributed by atoms with van der Waals surface area (Å²) in [6.07, 6.45) is -2.11. The third kappa shape index (κ3) is 2.11. The van der Waals surface area contributed by atoms with Gasteiger partial charge in [-0.15, -0.1) is 10.2 Å². The van der Waals surface area contributed by atoms with Crippen molar-refractivity contribution in [3.63, 3.8) is 0 Å². The molecule has 0 aliphatic carbocycles. The summed E-state index contributed by atoms with van der Waals surface area (Å²) < 4.78 is 24.5. The molecular formula is C8H9F2N3O2S. The molecule has 0 unspecified atom stereocenters. The van der Waals surface area contributed by atoms with Gasteiger partial charge in [-0.25, -0.2) is 8.78 Å². The molecule has 1 aliphatic rings. The first-order valence-electron chi connectivity index (χ1n) is 4.67. The van der Waals surface area contributed by atoms with Crippen molar-refractivity contribution >= 4 is 22.4 Å². The summed E-state index contributed by atoms with van der Waals surface area (Å²) in [6.45, 7) is 0.835. The second kappa shape index (κ2) is 4.28. The molecule has 8 heteroatoms. The minimum absolute atomic E-state index is 0.313. The maximum Gasteiger partial charge on any atom is 0.308 e. The normalized spacial score (nSPS) is 20.7. The van der Waals surface area contributed by atoms with Crippen LogP contribution in [-0.2, 0) is 4.79 Å². The molecule has 0 spiro atoms. The Kier molecular flexibility index (Phi) is 2.99. The van der Waals surface area contributed by atoms with Crippen LogP contribution in [0.1, 0.15) is 17.9 Å². The highest BCUT2D eigenvalue weighted by atomic mass is 32.1. The molecule has 0 bridgehead atoms. The predicted octanol–water partition coefficient (Wildman–Crippen LogP) is 1.39. The van der Waals surface area contributed by atoms with E-state index in [9.17, 15) is 13.6 Å². The number of hydrogen-bond donors (Lipinski definition) is 1. The summed E-state index contributed by atoms with van der Waals surface area (Å²) in [5, 5.41) is 15.8. The number of nitrogens with zero attached hydrogens (tertiary/aromatic N) is 3. The molecule has 0 amide bonds. The average Bonchev–Trinajstić information content (AvgIpc) is 2.86. The number of halogens is 2. The molecule has 1 saturated heterocycles. The van der Waals surface area contributed by atoms with Gasteiger partial charge in [-0.3, -0.25) is 4.79 Å². The van der Waals surface area contributed by atoms with Gasteiger partial charge in [-0.05, 0) is 6.42 Å². The minimum atomic E-state index is -2.62. The van der Waals surface area contributed by atoms with Gasteiger partial charge in [0, 0.05) is 13.1 Å². The zero-order chi connectivity index (χ0) is 11.7. The van der Waals surface area contributed by atoms with E-state index in [1.165, 1.54) is 0 Å². The van der Waals surface area contributed by atoms with Gasteiger partial charge in [0.25, 0.3) is 6.43 Å². The molecule has 16 heavy (non-hydrogen) atoms. The average molecular weight is 249 g/mol. The lowest BCUT2D eigenvalue weighted by Gasteiger charge is -2.12. The van der Waals surface area contributed by atoms with Gasteiger partial charge in [0.1, 0.15) is 0 Å². The smallest absolute Gasteiger partial charge is 0.308 e. The lowest BCUT2D eigenvalue weighted by molar-refractivity contribution is -0.140. The van der Waals surface area contributed by atoms with Crippen molar-refractivity contribution in [3.05, 3.63) is 5.01 Å². The zero-order valence-corrected chi connectivity index (χ0v) is 8.95. The quantitative estimate of drug-likeness (QED) is 0.876. The molecule has 5 nitrogen and oxygen atoms in total. The maximum absolute atomic E-state index is 12.3. The van der Waals surface area contributed by atoms with E-state index in [0.29, 0.717) is 24.6 Å². The Morgan fingerprint density at radius 2 is 2.31 bits per heavy atom. The Labute approximate surface area is 93.7 Å². The van der Waals surface area contributed by atoms with E-state index >= 15 is 0 Å². The van der Waals surface area contributed by atoms with Crippen LogP contribution in [0.15, 0.2) is 0 Å². The molecule has 1 fully saturated rings. The van der Waals surface area contributed by atoms with E-state index in [2.05, 4.69) is 10.2 Å².